The molecule has 1 amide bonds. The van der Waals surface area contributed by atoms with Crippen LogP contribution in [0, 0.1) is 12.7 Å². The predicted octanol–water partition coefficient (Wildman–Crippen LogP) is 3.49. The van der Waals surface area contributed by atoms with Crippen LogP contribution in [0.2, 0.25) is 5.02 Å². The molecule has 0 fully saturated rings. The third-order valence-corrected chi connectivity index (χ3v) is 6.09. The molecule has 0 atom stereocenters. The van der Waals surface area contributed by atoms with Crippen molar-refractivity contribution in [2.75, 3.05) is 11.9 Å². The molecule has 2 aromatic rings. The fraction of sp³-hybridized carbons (Fsp3) is 0.158. The summed E-state index contributed by atoms with van der Waals surface area (Å²) in [5, 5.41) is 3.18. The van der Waals surface area contributed by atoms with E-state index < -0.39 is 21.7 Å². The van der Waals surface area contributed by atoms with Gasteiger partial charge in [-0.05, 0) is 49.2 Å². The van der Waals surface area contributed by atoms with E-state index in [9.17, 15) is 17.6 Å². The number of hydrogen-bond acceptors (Lipinski definition) is 4. The standard InChI is InChI=1S/C19H17ClFN3O3S/c1-11-3-8-15(9-16(11)20)23-17(25)10-22-19-12(2)18(28(26,27)24-19)13-4-6-14(21)7-5-13/h3-9H,10H2,1-2H3,(H,22,24)(H,23,25). The summed E-state index contributed by atoms with van der Waals surface area (Å²) in [6.07, 6.45) is 0. The highest BCUT2D eigenvalue weighted by Crippen LogP contribution is 2.29. The molecule has 0 unspecified atom stereocenters. The molecule has 6 nitrogen and oxygen atoms in total. The molecule has 0 aromatic heterocycles. The van der Waals surface area contributed by atoms with E-state index in [0.29, 0.717) is 21.8 Å². The summed E-state index contributed by atoms with van der Waals surface area (Å²) in [6, 6.07) is 10.2. The average molecular weight is 422 g/mol. The van der Waals surface area contributed by atoms with Crippen molar-refractivity contribution in [1.29, 1.82) is 0 Å². The summed E-state index contributed by atoms with van der Waals surface area (Å²) in [6.45, 7) is 3.14. The molecule has 0 saturated carbocycles. The zero-order valence-electron chi connectivity index (χ0n) is 15.1. The molecule has 0 aliphatic carbocycles. The number of halogens is 2. The summed E-state index contributed by atoms with van der Waals surface area (Å²) in [4.78, 5) is 16.2. The number of aliphatic imine (C=N–C) groups is 1. The minimum atomic E-state index is -3.84. The maximum atomic E-state index is 13.1. The third kappa shape index (κ3) is 4.23. The Kier molecular flexibility index (Phi) is 5.53. The Labute approximate surface area is 167 Å². The van der Waals surface area contributed by atoms with Gasteiger partial charge in [0.25, 0.3) is 10.0 Å². The molecule has 0 saturated heterocycles. The van der Waals surface area contributed by atoms with Crippen LogP contribution in [0.4, 0.5) is 10.1 Å². The van der Waals surface area contributed by atoms with Gasteiger partial charge in [0.05, 0.1) is 0 Å². The fourth-order valence-corrected chi connectivity index (χ4v) is 4.41. The molecule has 28 heavy (non-hydrogen) atoms. The Morgan fingerprint density at radius 3 is 2.50 bits per heavy atom. The maximum Gasteiger partial charge on any atom is 0.264 e. The van der Waals surface area contributed by atoms with E-state index >= 15 is 0 Å². The number of sulfonamides is 1. The van der Waals surface area contributed by atoms with Crippen molar-refractivity contribution in [3.8, 4) is 0 Å². The molecule has 9 heteroatoms. The minimum absolute atomic E-state index is 0.0111. The molecule has 3 rings (SSSR count). The van der Waals surface area contributed by atoms with E-state index in [2.05, 4.69) is 15.0 Å². The van der Waals surface area contributed by atoms with E-state index in [1.165, 1.54) is 24.3 Å². The van der Waals surface area contributed by atoms with E-state index in [4.69, 9.17) is 11.6 Å². The molecule has 1 heterocycles. The van der Waals surface area contributed by atoms with Crippen LogP contribution < -0.4 is 10.0 Å². The molecular formula is C19H17ClFN3O3S. The lowest BCUT2D eigenvalue weighted by Gasteiger charge is -2.06. The lowest BCUT2D eigenvalue weighted by Crippen LogP contribution is -2.25. The number of carbonyl (C=O) groups is 1. The second kappa shape index (κ2) is 7.73. The Morgan fingerprint density at radius 2 is 1.86 bits per heavy atom. The Balaban J connectivity index is 1.79. The molecule has 146 valence electrons. The van der Waals surface area contributed by atoms with Gasteiger partial charge in [-0.25, -0.2) is 12.8 Å². The molecule has 2 N–H and O–H groups in total. The monoisotopic (exact) mass is 421 g/mol. The highest BCUT2D eigenvalue weighted by molar-refractivity contribution is 8.00. The van der Waals surface area contributed by atoms with Gasteiger partial charge in [-0.15, -0.1) is 0 Å². The number of hydrogen-bond donors (Lipinski definition) is 2. The van der Waals surface area contributed by atoms with Gasteiger partial charge in [0.1, 0.15) is 23.1 Å². The first-order chi connectivity index (χ1) is 13.2. The smallest absolute Gasteiger partial charge is 0.264 e. The second-order valence-electron chi connectivity index (χ2n) is 6.24. The van der Waals surface area contributed by atoms with Gasteiger partial charge in [-0.3, -0.25) is 14.5 Å². The quantitative estimate of drug-likeness (QED) is 0.792. The van der Waals surface area contributed by atoms with Crippen LogP contribution in [0.1, 0.15) is 18.1 Å². The largest absolute Gasteiger partial charge is 0.324 e. The number of aryl methyl sites for hydroxylation is 1. The molecular weight excluding hydrogens is 405 g/mol. The van der Waals surface area contributed by atoms with Crippen LogP contribution >= 0.6 is 11.6 Å². The molecule has 1 aliphatic rings. The Bertz CT molecular complexity index is 1110. The van der Waals surface area contributed by atoms with Crippen molar-refractivity contribution in [2.45, 2.75) is 13.8 Å². The zero-order valence-corrected chi connectivity index (χ0v) is 16.7. The van der Waals surface area contributed by atoms with Gasteiger partial charge >= 0.3 is 0 Å². The van der Waals surface area contributed by atoms with Crippen molar-refractivity contribution in [3.63, 3.8) is 0 Å². The van der Waals surface area contributed by atoms with Crippen LogP contribution in [0.25, 0.3) is 4.91 Å². The molecule has 1 aliphatic heterocycles. The van der Waals surface area contributed by atoms with Gasteiger partial charge in [0.15, 0.2) is 0 Å². The average Bonchev–Trinajstić information content (AvgIpc) is 2.86. The van der Waals surface area contributed by atoms with Crippen molar-refractivity contribution in [3.05, 3.63) is 70.0 Å². The van der Waals surface area contributed by atoms with Crippen molar-refractivity contribution in [1.82, 2.24) is 4.72 Å². The Hall–Kier alpha value is -2.71. The maximum absolute atomic E-state index is 13.1. The summed E-state index contributed by atoms with van der Waals surface area (Å²) >= 11 is 6.03. The number of anilines is 1. The first-order valence-electron chi connectivity index (χ1n) is 8.28. The van der Waals surface area contributed by atoms with E-state index in [1.807, 2.05) is 6.92 Å². The first-order valence-corrected chi connectivity index (χ1v) is 10.1. The van der Waals surface area contributed by atoms with E-state index in [-0.39, 0.29) is 17.3 Å². The van der Waals surface area contributed by atoms with Gasteiger partial charge < -0.3 is 5.32 Å². The third-order valence-electron chi connectivity index (χ3n) is 4.14. The number of benzene rings is 2. The van der Waals surface area contributed by atoms with Gasteiger partial charge in [-0.2, -0.15) is 0 Å². The van der Waals surface area contributed by atoms with Crippen LogP contribution in [-0.2, 0) is 14.8 Å². The number of rotatable bonds is 4. The summed E-state index contributed by atoms with van der Waals surface area (Å²) in [7, 11) is -3.84. The normalized spacial score (nSPS) is 16.9. The van der Waals surface area contributed by atoms with Crippen molar-refractivity contribution >= 4 is 44.0 Å². The Morgan fingerprint density at radius 1 is 1.18 bits per heavy atom. The highest BCUT2D eigenvalue weighted by Gasteiger charge is 2.32. The molecule has 0 spiro atoms. The number of amides is 1. The lowest BCUT2D eigenvalue weighted by atomic mass is 10.1. The van der Waals surface area contributed by atoms with Gasteiger partial charge in [-0.1, -0.05) is 29.8 Å². The molecule has 2 aromatic carbocycles. The summed E-state index contributed by atoms with van der Waals surface area (Å²) in [5.41, 5.74) is 2.11. The summed E-state index contributed by atoms with van der Waals surface area (Å²) < 4.78 is 40.3. The number of carbonyl (C=O) groups excluding carboxylic acids is 1. The van der Waals surface area contributed by atoms with Crippen molar-refractivity contribution < 1.29 is 17.6 Å². The first kappa shape index (κ1) is 20.0. The van der Waals surface area contributed by atoms with Gasteiger partial charge in [0, 0.05) is 16.3 Å². The minimum Gasteiger partial charge on any atom is -0.324 e. The van der Waals surface area contributed by atoms with Gasteiger partial charge in [0.2, 0.25) is 5.91 Å². The topological polar surface area (TPSA) is 87.6 Å². The van der Waals surface area contributed by atoms with Crippen LogP contribution in [0.15, 0.2) is 53.0 Å². The number of nitrogens with zero attached hydrogens (tertiary/aromatic N) is 1. The fourth-order valence-electron chi connectivity index (χ4n) is 2.71. The van der Waals surface area contributed by atoms with Crippen LogP contribution in [-0.4, -0.2) is 26.7 Å². The van der Waals surface area contributed by atoms with Crippen molar-refractivity contribution in [2.24, 2.45) is 4.99 Å². The summed E-state index contributed by atoms with van der Waals surface area (Å²) in [5.74, 6) is -0.807. The second-order valence-corrected chi connectivity index (χ2v) is 8.27. The van der Waals surface area contributed by atoms with E-state index in [0.717, 1.165) is 5.56 Å². The van der Waals surface area contributed by atoms with Crippen LogP contribution in [0.3, 0.4) is 0 Å². The number of amidine groups is 1. The predicted molar refractivity (Wildman–Crippen MR) is 108 cm³/mol. The number of nitrogens with one attached hydrogen (secondary N) is 2. The molecule has 0 bridgehead atoms. The van der Waals surface area contributed by atoms with E-state index in [1.54, 1.807) is 25.1 Å². The lowest BCUT2D eigenvalue weighted by molar-refractivity contribution is -0.114. The zero-order chi connectivity index (χ0) is 20.5. The SMILES string of the molecule is CC1=C(c2ccc(F)cc2)S(=O)(=O)NC1=NCC(=O)Nc1ccc(C)c(Cl)c1. The molecule has 0 radical (unpaired) electrons. The van der Waals surface area contributed by atoms with Crippen LogP contribution in [0.5, 0.6) is 0 Å². The highest BCUT2D eigenvalue weighted by atomic mass is 35.5.